The van der Waals surface area contributed by atoms with Gasteiger partial charge < -0.3 is 5.32 Å². The Morgan fingerprint density at radius 1 is 0.592 bits per heavy atom. The van der Waals surface area contributed by atoms with E-state index < -0.39 is 69.8 Å². The highest BCUT2D eigenvalue weighted by molar-refractivity contribution is 7.93. The number of nitrogens with one attached hydrogen (secondary N) is 1. The Morgan fingerprint density at radius 3 is 1.59 bits per heavy atom. The zero-order valence-electron chi connectivity index (χ0n) is 26.2. The summed E-state index contributed by atoms with van der Waals surface area (Å²) >= 11 is 0. The fourth-order valence-electron chi connectivity index (χ4n) is 4.32. The number of alkyl halides is 3. The first kappa shape index (κ1) is 37.2. The predicted octanol–water partition coefficient (Wildman–Crippen LogP) is 4.49. The number of hydrogen-bond donors (Lipinski definition) is 1. The van der Waals surface area contributed by atoms with Crippen LogP contribution in [0.4, 0.5) is 24.5 Å². The van der Waals surface area contributed by atoms with E-state index in [1.165, 1.54) is 58.5 Å². The van der Waals surface area contributed by atoms with Crippen LogP contribution in [0.15, 0.2) is 112 Å². The van der Waals surface area contributed by atoms with Crippen LogP contribution >= 0.6 is 0 Å². The Hall–Kier alpha value is -4.62. The van der Waals surface area contributed by atoms with Crippen molar-refractivity contribution in [2.45, 2.75) is 20.9 Å². The predicted molar refractivity (Wildman–Crippen MR) is 174 cm³/mol. The molecule has 0 saturated carbocycles. The fourth-order valence-corrected chi connectivity index (χ4v) is 7.62. The molecule has 4 rings (SSSR count). The molecule has 12 nitrogen and oxygen atoms in total. The monoisotopic (exact) mass is 738 g/mol. The first-order valence-corrected chi connectivity index (χ1v) is 18.2. The molecule has 0 unspecified atom stereocenters. The van der Waals surface area contributed by atoms with Gasteiger partial charge in [0.1, 0.15) is 0 Å². The van der Waals surface area contributed by atoms with Crippen molar-refractivity contribution < 1.29 is 48.0 Å². The molecule has 0 radical (unpaired) electrons. The van der Waals surface area contributed by atoms with Crippen LogP contribution in [0, 0.1) is 0 Å². The van der Waals surface area contributed by atoms with Crippen molar-refractivity contribution in [3.05, 3.63) is 114 Å². The number of benzene rings is 4. The van der Waals surface area contributed by atoms with Crippen molar-refractivity contribution >= 4 is 53.3 Å². The minimum absolute atomic E-state index is 0.0283. The molecule has 4 aromatic rings. The van der Waals surface area contributed by atoms with Crippen LogP contribution in [0.1, 0.15) is 26.3 Å². The maximum absolute atomic E-state index is 14.0. The van der Waals surface area contributed by atoms with Crippen LogP contribution in [0.5, 0.6) is 0 Å². The van der Waals surface area contributed by atoms with Gasteiger partial charge in [-0.1, -0.05) is 18.2 Å². The molecule has 0 bridgehead atoms. The highest BCUT2D eigenvalue weighted by atomic mass is 32.2. The van der Waals surface area contributed by atoms with Crippen molar-refractivity contribution in [3.8, 4) is 0 Å². The third-order valence-electron chi connectivity index (χ3n) is 6.98. The number of carbonyl (C=O) groups is 2. The average Bonchev–Trinajstić information content (AvgIpc) is 3.04. The van der Waals surface area contributed by atoms with E-state index in [1.807, 2.05) is 0 Å². The van der Waals surface area contributed by atoms with Gasteiger partial charge in [0, 0.05) is 45.0 Å². The van der Waals surface area contributed by atoms with Gasteiger partial charge in [-0.15, -0.1) is 0 Å². The smallest absolute Gasteiger partial charge is 0.322 e. The number of sulfonamides is 3. The number of carbonyl (C=O) groups excluding carboxylic acids is 2. The minimum Gasteiger partial charge on any atom is -0.322 e. The van der Waals surface area contributed by atoms with Crippen LogP contribution < -0.4 is 9.62 Å². The second-order valence-electron chi connectivity index (χ2n) is 10.7. The number of halogens is 3. The van der Waals surface area contributed by atoms with E-state index in [0.717, 1.165) is 63.2 Å². The van der Waals surface area contributed by atoms with E-state index in [4.69, 9.17) is 0 Å². The molecular weight excluding hydrogens is 710 g/mol. The molecule has 49 heavy (non-hydrogen) atoms. The number of amides is 2. The molecule has 260 valence electrons. The lowest BCUT2D eigenvalue weighted by atomic mass is 10.1. The Bertz CT molecular complexity index is 2240. The molecule has 0 aliphatic heterocycles. The normalized spacial score (nSPS) is 12.6. The summed E-state index contributed by atoms with van der Waals surface area (Å²) in [4.78, 5) is 25.7. The van der Waals surface area contributed by atoms with Crippen molar-refractivity contribution in [3.63, 3.8) is 0 Å². The van der Waals surface area contributed by atoms with Gasteiger partial charge >= 0.3 is 6.18 Å². The Morgan fingerprint density at radius 2 is 1.08 bits per heavy atom. The maximum atomic E-state index is 14.0. The average molecular weight is 739 g/mol. The van der Waals surface area contributed by atoms with Crippen LogP contribution in [0.2, 0.25) is 0 Å². The summed E-state index contributed by atoms with van der Waals surface area (Å²) in [6.45, 7) is 0. The number of anilines is 2. The first-order valence-electron chi connectivity index (χ1n) is 13.9. The zero-order valence-corrected chi connectivity index (χ0v) is 28.7. The lowest BCUT2D eigenvalue weighted by molar-refractivity contribution is -0.137. The molecule has 0 saturated heterocycles. The summed E-state index contributed by atoms with van der Waals surface area (Å²) in [7, 11) is -7.79. The molecule has 0 aliphatic carbocycles. The topological polar surface area (TPSA) is 158 Å². The van der Waals surface area contributed by atoms with E-state index in [9.17, 15) is 48.0 Å². The van der Waals surface area contributed by atoms with Gasteiger partial charge in [-0.25, -0.2) is 33.9 Å². The van der Waals surface area contributed by atoms with Gasteiger partial charge in [-0.3, -0.25) is 9.59 Å². The van der Waals surface area contributed by atoms with Crippen LogP contribution in [0.25, 0.3) is 0 Å². The summed E-state index contributed by atoms with van der Waals surface area (Å²) in [6.07, 6.45) is -4.90. The highest BCUT2D eigenvalue weighted by Crippen LogP contribution is 2.34. The zero-order chi connectivity index (χ0) is 36.5. The van der Waals surface area contributed by atoms with Gasteiger partial charge in [-0.2, -0.15) is 17.5 Å². The van der Waals surface area contributed by atoms with Crippen molar-refractivity contribution in [1.82, 2.24) is 8.61 Å². The Labute approximate surface area is 281 Å². The van der Waals surface area contributed by atoms with Gasteiger partial charge in [0.25, 0.3) is 21.8 Å². The second-order valence-corrected chi connectivity index (χ2v) is 16.8. The van der Waals surface area contributed by atoms with Crippen LogP contribution in [-0.4, -0.2) is 73.9 Å². The molecule has 0 aromatic heterocycles. The molecule has 0 fully saturated rings. The lowest BCUT2D eigenvalue weighted by Crippen LogP contribution is -2.37. The van der Waals surface area contributed by atoms with Crippen LogP contribution in [0.3, 0.4) is 0 Å². The van der Waals surface area contributed by atoms with E-state index >= 15 is 0 Å². The molecular formula is C31H29F3N4O8S3. The quantitative estimate of drug-likeness (QED) is 0.249. The van der Waals surface area contributed by atoms with E-state index in [0.29, 0.717) is 12.1 Å². The second kappa shape index (κ2) is 13.7. The third-order valence-corrected chi connectivity index (χ3v) is 12.3. The summed E-state index contributed by atoms with van der Waals surface area (Å²) in [5.41, 5.74) is -2.35. The highest BCUT2D eigenvalue weighted by Gasteiger charge is 2.36. The molecule has 4 aromatic carbocycles. The van der Waals surface area contributed by atoms with Crippen molar-refractivity contribution in [2.75, 3.05) is 37.8 Å². The molecule has 0 heterocycles. The lowest BCUT2D eigenvalue weighted by Gasteiger charge is -2.24. The third kappa shape index (κ3) is 7.83. The Kier molecular flexibility index (Phi) is 10.4. The van der Waals surface area contributed by atoms with Crippen LogP contribution in [-0.2, 0) is 36.2 Å². The van der Waals surface area contributed by atoms with Gasteiger partial charge in [0.15, 0.2) is 0 Å². The summed E-state index contributed by atoms with van der Waals surface area (Å²) < 4.78 is 121. The minimum atomic E-state index is -4.98. The SMILES string of the molecule is CN(C)S(=O)(=O)c1cccc(C(=O)Nc2ccc(S(=O)(=O)N(C(=O)c3cccc(S(=O)(=O)N(C)C)c3)c3cccc(C(F)(F)F)c3)cc2)c1. The standard InChI is InChI=1S/C31H29F3N4O8S3/c1-36(2)47(41,42)27-12-5-8-21(18-27)29(39)35-24-14-16-26(17-15-24)49(45,46)38(25-11-7-10-23(20-25)31(32,33)34)30(40)22-9-6-13-28(19-22)48(43,44)37(3)4/h5-20H,1-4H3,(H,35,39). The van der Waals surface area contributed by atoms with Crippen molar-refractivity contribution in [1.29, 1.82) is 0 Å². The molecule has 1 N–H and O–H groups in total. The van der Waals surface area contributed by atoms with E-state index in [-0.39, 0.29) is 25.3 Å². The number of hydrogen-bond acceptors (Lipinski definition) is 8. The molecule has 2 amide bonds. The molecule has 0 atom stereocenters. The molecule has 0 spiro atoms. The number of nitrogens with zero attached hydrogens (tertiary/aromatic N) is 3. The molecule has 18 heteroatoms. The Balaban J connectivity index is 1.74. The number of rotatable bonds is 10. The van der Waals surface area contributed by atoms with Gasteiger partial charge in [0.2, 0.25) is 20.0 Å². The van der Waals surface area contributed by atoms with E-state index in [1.54, 1.807) is 0 Å². The first-order chi connectivity index (χ1) is 22.7. The molecule has 0 aliphatic rings. The summed E-state index contributed by atoms with van der Waals surface area (Å²) in [5.74, 6) is -2.08. The fraction of sp³-hybridized carbons (Fsp3) is 0.161. The van der Waals surface area contributed by atoms with Gasteiger partial charge in [0.05, 0.1) is 25.9 Å². The summed E-state index contributed by atoms with van der Waals surface area (Å²) in [6, 6.07) is 16.9. The largest absolute Gasteiger partial charge is 0.416 e. The van der Waals surface area contributed by atoms with E-state index in [2.05, 4.69) is 5.32 Å². The summed E-state index contributed by atoms with van der Waals surface area (Å²) in [5, 5.41) is 2.50. The van der Waals surface area contributed by atoms with Crippen molar-refractivity contribution in [2.24, 2.45) is 0 Å². The maximum Gasteiger partial charge on any atom is 0.416 e. The van der Waals surface area contributed by atoms with Gasteiger partial charge in [-0.05, 0) is 78.9 Å².